The van der Waals surface area contributed by atoms with Crippen molar-refractivity contribution < 1.29 is 29.1 Å². The Morgan fingerprint density at radius 3 is 2.10 bits per heavy atom. The minimum Gasteiger partial charge on any atom is -0.480 e. The molecule has 0 spiro atoms. The van der Waals surface area contributed by atoms with Gasteiger partial charge >= 0.3 is 5.97 Å². The molecule has 3 atom stereocenters. The number of aliphatic carboxylic acids is 1. The molecule has 164 valence electrons. The zero-order chi connectivity index (χ0) is 22.7. The first-order valence-corrected chi connectivity index (χ1v) is 9.56. The summed E-state index contributed by atoms with van der Waals surface area (Å²) in [4.78, 5) is 58.7. The molecular formula is C18H25N5O6S. The van der Waals surface area contributed by atoms with Gasteiger partial charge in [-0.05, 0) is 12.0 Å². The molecule has 1 aromatic carbocycles. The average Bonchev–Trinajstić information content (AvgIpc) is 2.69. The van der Waals surface area contributed by atoms with Crippen LogP contribution < -0.4 is 27.4 Å². The van der Waals surface area contributed by atoms with E-state index in [9.17, 15) is 24.0 Å². The van der Waals surface area contributed by atoms with Crippen molar-refractivity contribution >= 4 is 42.2 Å². The molecule has 11 nitrogen and oxygen atoms in total. The summed E-state index contributed by atoms with van der Waals surface area (Å²) in [6, 6.07) is 5.41. The lowest BCUT2D eigenvalue weighted by molar-refractivity contribution is -0.138. The van der Waals surface area contributed by atoms with Gasteiger partial charge in [-0.3, -0.25) is 24.0 Å². The van der Waals surface area contributed by atoms with Crippen LogP contribution in [-0.2, 0) is 30.4 Å². The number of rotatable bonds is 12. The zero-order valence-corrected chi connectivity index (χ0v) is 16.9. The highest BCUT2D eigenvalue weighted by atomic mass is 32.1. The maximum atomic E-state index is 12.5. The second kappa shape index (κ2) is 12.4. The number of carboxylic acids is 1. The Kier molecular flexibility index (Phi) is 10.3. The minimum atomic E-state index is -1.37. The number of carbonyl (C=O) groups excluding carboxylic acids is 4. The van der Waals surface area contributed by atoms with Crippen LogP contribution in [0.2, 0.25) is 0 Å². The second-order valence-corrected chi connectivity index (χ2v) is 6.75. The van der Waals surface area contributed by atoms with E-state index in [1.165, 1.54) is 0 Å². The van der Waals surface area contributed by atoms with Crippen molar-refractivity contribution in [1.29, 1.82) is 0 Å². The third-order valence-corrected chi connectivity index (χ3v) is 4.27. The summed E-state index contributed by atoms with van der Waals surface area (Å²) in [6.07, 6.45) is -0.319. The van der Waals surface area contributed by atoms with E-state index in [2.05, 4.69) is 28.6 Å². The van der Waals surface area contributed by atoms with E-state index in [1.54, 1.807) is 24.3 Å². The number of hydrogen-bond donors (Lipinski definition) is 7. The lowest BCUT2D eigenvalue weighted by Gasteiger charge is -2.22. The van der Waals surface area contributed by atoms with Crippen LogP contribution in [0.5, 0.6) is 0 Å². The Labute approximate surface area is 178 Å². The number of amides is 4. The first kappa shape index (κ1) is 24.9. The van der Waals surface area contributed by atoms with Crippen LogP contribution in [0.15, 0.2) is 30.3 Å². The van der Waals surface area contributed by atoms with Crippen molar-refractivity contribution in [3.8, 4) is 0 Å². The summed E-state index contributed by atoms with van der Waals surface area (Å²) in [7, 11) is 0. The predicted molar refractivity (Wildman–Crippen MR) is 110 cm³/mol. The SMILES string of the molecule is NC(=O)CC(NC(=O)C(N)Cc1ccccc1)C(=O)NC(CS)C(=O)NCC(=O)O. The molecule has 0 aliphatic heterocycles. The predicted octanol–water partition coefficient (Wildman–Crippen LogP) is -2.47. The fraction of sp³-hybridized carbons (Fsp3) is 0.389. The lowest BCUT2D eigenvalue weighted by atomic mass is 10.1. The Balaban J connectivity index is 2.77. The molecule has 0 heterocycles. The van der Waals surface area contributed by atoms with Crippen molar-refractivity contribution in [2.45, 2.75) is 31.0 Å². The maximum Gasteiger partial charge on any atom is 0.322 e. The van der Waals surface area contributed by atoms with Crippen molar-refractivity contribution in [2.24, 2.45) is 11.5 Å². The number of nitrogens with one attached hydrogen (secondary N) is 3. The van der Waals surface area contributed by atoms with Gasteiger partial charge in [0.2, 0.25) is 23.6 Å². The summed E-state index contributed by atoms with van der Waals surface area (Å²) < 4.78 is 0. The number of carboxylic acid groups (broad SMARTS) is 1. The topological polar surface area (TPSA) is 194 Å². The summed E-state index contributed by atoms with van der Waals surface area (Å²) in [5.41, 5.74) is 11.8. The highest BCUT2D eigenvalue weighted by Crippen LogP contribution is 2.03. The van der Waals surface area contributed by atoms with E-state index < -0.39 is 60.7 Å². The fourth-order valence-corrected chi connectivity index (χ4v) is 2.66. The van der Waals surface area contributed by atoms with Gasteiger partial charge in [0, 0.05) is 5.75 Å². The monoisotopic (exact) mass is 439 g/mol. The molecule has 0 aromatic heterocycles. The van der Waals surface area contributed by atoms with Gasteiger partial charge in [-0.1, -0.05) is 30.3 Å². The van der Waals surface area contributed by atoms with Gasteiger partial charge in [0.1, 0.15) is 18.6 Å². The molecule has 30 heavy (non-hydrogen) atoms. The number of hydrogen-bond acceptors (Lipinski definition) is 7. The first-order valence-electron chi connectivity index (χ1n) is 8.93. The van der Waals surface area contributed by atoms with Crippen LogP contribution in [0.4, 0.5) is 0 Å². The van der Waals surface area contributed by atoms with Crippen LogP contribution in [-0.4, -0.2) is 65.1 Å². The molecule has 1 aromatic rings. The second-order valence-electron chi connectivity index (χ2n) is 6.38. The van der Waals surface area contributed by atoms with Crippen molar-refractivity contribution in [2.75, 3.05) is 12.3 Å². The lowest BCUT2D eigenvalue weighted by Crippen LogP contribution is -2.57. The molecule has 0 aliphatic carbocycles. The van der Waals surface area contributed by atoms with Gasteiger partial charge < -0.3 is 32.5 Å². The molecule has 0 bridgehead atoms. The maximum absolute atomic E-state index is 12.5. The van der Waals surface area contributed by atoms with Gasteiger partial charge in [-0.15, -0.1) is 0 Å². The summed E-state index contributed by atoms with van der Waals surface area (Å²) >= 11 is 3.95. The van der Waals surface area contributed by atoms with E-state index in [0.717, 1.165) is 5.56 Å². The molecule has 1 rings (SSSR count). The van der Waals surface area contributed by atoms with Crippen LogP contribution in [0.25, 0.3) is 0 Å². The van der Waals surface area contributed by atoms with Crippen molar-refractivity contribution in [3.05, 3.63) is 35.9 Å². The zero-order valence-electron chi connectivity index (χ0n) is 16.0. The van der Waals surface area contributed by atoms with E-state index in [0.29, 0.717) is 0 Å². The molecule has 0 radical (unpaired) electrons. The standard InChI is InChI=1S/C18H25N5O6S/c19-11(6-10-4-2-1-3-5-10)16(27)22-12(7-14(20)24)18(29)23-13(9-30)17(28)21-8-15(25)26/h1-5,11-13,30H,6-9,19H2,(H2,20,24)(H,21,28)(H,22,27)(H,23,29)(H,25,26). The molecule has 3 unspecified atom stereocenters. The van der Waals surface area contributed by atoms with Gasteiger partial charge in [0.05, 0.1) is 12.5 Å². The molecule has 4 amide bonds. The Hall–Kier alpha value is -3.12. The minimum absolute atomic E-state index is 0.151. The molecule has 8 N–H and O–H groups in total. The van der Waals surface area contributed by atoms with Crippen LogP contribution in [0, 0.1) is 0 Å². The molecule has 0 saturated heterocycles. The number of nitrogens with two attached hydrogens (primary N) is 2. The quantitative estimate of drug-likeness (QED) is 0.175. The van der Waals surface area contributed by atoms with E-state index in [-0.39, 0.29) is 12.2 Å². The van der Waals surface area contributed by atoms with Crippen LogP contribution >= 0.6 is 12.6 Å². The van der Waals surface area contributed by atoms with E-state index >= 15 is 0 Å². The van der Waals surface area contributed by atoms with Gasteiger partial charge in [-0.2, -0.15) is 12.6 Å². The normalized spacial score (nSPS) is 13.4. The molecule has 0 aliphatic rings. The first-order chi connectivity index (χ1) is 14.1. The molecule has 0 saturated carbocycles. The smallest absolute Gasteiger partial charge is 0.322 e. The highest BCUT2D eigenvalue weighted by Gasteiger charge is 2.29. The number of primary amides is 1. The Morgan fingerprint density at radius 2 is 1.57 bits per heavy atom. The number of carbonyl (C=O) groups is 5. The Morgan fingerprint density at radius 1 is 0.967 bits per heavy atom. The number of thiol groups is 1. The fourth-order valence-electron chi connectivity index (χ4n) is 2.40. The van der Waals surface area contributed by atoms with Crippen molar-refractivity contribution in [1.82, 2.24) is 16.0 Å². The van der Waals surface area contributed by atoms with E-state index in [1.807, 2.05) is 6.07 Å². The molecular weight excluding hydrogens is 414 g/mol. The summed E-state index contributed by atoms with van der Waals surface area (Å²) in [6.45, 7) is -0.644. The van der Waals surface area contributed by atoms with Crippen LogP contribution in [0.3, 0.4) is 0 Å². The summed E-state index contributed by atoms with van der Waals surface area (Å²) in [5, 5.41) is 15.4. The Bertz CT molecular complexity index is 776. The highest BCUT2D eigenvalue weighted by molar-refractivity contribution is 7.80. The average molecular weight is 439 g/mol. The van der Waals surface area contributed by atoms with Gasteiger partial charge in [-0.25, -0.2) is 0 Å². The molecule has 12 heteroatoms. The van der Waals surface area contributed by atoms with Crippen LogP contribution in [0.1, 0.15) is 12.0 Å². The van der Waals surface area contributed by atoms with Crippen molar-refractivity contribution in [3.63, 3.8) is 0 Å². The largest absolute Gasteiger partial charge is 0.480 e. The van der Waals surface area contributed by atoms with Gasteiger partial charge in [0.15, 0.2) is 0 Å². The van der Waals surface area contributed by atoms with E-state index in [4.69, 9.17) is 16.6 Å². The molecule has 0 fully saturated rings. The van der Waals surface area contributed by atoms with Gasteiger partial charge in [0.25, 0.3) is 0 Å². The summed E-state index contributed by atoms with van der Waals surface area (Å²) in [5.74, 6) is -4.60. The third-order valence-electron chi connectivity index (χ3n) is 3.90. The third kappa shape index (κ3) is 8.92. The number of benzene rings is 1.